The molecule has 1 aromatic heterocycles. The average Bonchev–Trinajstić information content (AvgIpc) is 2.92. The molecule has 1 aliphatic carbocycles. The molecule has 1 saturated heterocycles. The van der Waals surface area contributed by atoms with Gasteiger partial charge in [-0.2, -0.15) is 5.10 Å². The molecule has 0 spiro atoms. The van der Waals surface area contributed by atoms with Gasteiger partial charge in [0, 0.05) is 19.1 Å². The minimum Gasteiger partial charge on any atom is -0.352 e. The number of hydrogen-bond acceptors (Lipinski definition) is 4. The minimum absolute atomic E-state index is 0.724. The van der Waals surface area contributed by atoms with Gasteiger partial charge in [0.2, 0.25) is 0 Å². The van der Waals surface area contributed by atoms with Gasteiger partial charge in [-0.3, -0.25) is 0 Å². The lowest BCUT2D eigenvalue weighted by Gasteiger charge is -2.32. The van der Waals surface area contributed by atoms with Gasteiger partial charge in [-0.15, -0.1) is 5.10 Å². The van der Waals surface area contributed by atoms with Crippen LogP contribution in [0.25, 0.3) is 0 Å². The quantitative estimate of drug-likeness (QED) is 0.838. The largest absolute Gasteiger partial charge is 0.352 e. The third-order valence-corrected chi connectivity index (χ3v) is 4.74. The highest BCUT2D eigenvalue weighted by atomic mass is 15.3. The van der Waals surface area contributed by atoms with Gasteiger partial charge in [0.05, 0.1) is 5.69 Å². The number of anilines is 1. The van der Waals surface area contributed by atoms with Crippen molar-refractivity contribution in [2.24, 2.45) is 5.92 Å². The summed E-state index contributed by atoms with van der Waals surface area (Å²) in [7, 11) is 0. The van der Waals surface area contributed by atoms with Gasteiger partial charge in [0.1, 0.15) is 0 Å². The molecule has 2 aliphatic rings. The summed E-state index contributed by atoms with van der Waals surface area (Å²) >= 11 is 0. The van der Waals surface area contributed by atoms with E-state index in [0.29, 0.717) is 0 Å². The first-order valence-corrected chi connectivity index (χ1v) is 8.18. The molecule has 0 radical (unpaired) electrons. The molecule has 2 atom stereocenters. The summed E-state index contributed by atoms with van der Waals surface area (Å²) in [5, 5.41) is 12.2. The number of aromatic nitrogens is 2. The molecule has 1 saturated carbocycles. The second-order valence-electron chi connectivity index (χ2n) is 6.15. The Morgan fingerprint density at radius 3 is 2.90 bits per heavy atom. The standard InChI is InChI=1S/C16H26N4/c1-2-10-17-12-14-7-8-16(19-18-14)20-11-9-13-5-3-4-6-15(13)20/h7-8,13,15,17H,2-6,9-12H2,1H3. The molecule has 110 valence electrons. The third-order valence-electron chi connectivity index (χ3n) is 4.74. The van der Waals surface area contributed by atoms with Gasteiger partial charge in [-0.1, -0.05) is 19.8 Å². The van der Waals surface area contributed by atoms with Crippen LogP contribution in [0.4, 0.5) is 5.82 Å². The Kier molecular flexibility index (Phi) is 4.51. The zero-order valence-electron chi connectivity index (χ0n) is 12.5. The Labute approximate surface area is 122 Å². The van der Waals surface area contributed by atoms with Crippen LogP contribution in [0.3, 0.4) is 0 Å². The maximum Gasteiger partial charge on any atom is 0.151 e. The van der Waals surface area contributed by atoms with Crippen LogP contribution in [0.2, 0.25) is 0 Å². The number of rotatable bonds is 5. The SMILES string of the molecule is CCCNCc1ccc(N2CCC3CCCCC32)nn1. The summed E-state index contributed by atoms with van der Waals surface area (Å²) in [6, 6.07) is 5.01. The third kappa shape index (κ3) is 2.95. The summed E-state index contributed by atoms with van der Waals surface area (Å²) in [5.41, 5.74) is 1.04. The Balaban J connectivity index is 1.62. The molecule has 4 heteroatoms. The highest BCUT2D eigenvalue weighted by molar-refractivity contribution is 5.40. The maximum absolute atomic E-state index is 4.47. The molecule has 1 aliphatic heterocycles. The molecule has 2 heterocycles. The monoisotopic (exact) mass is 274 g/mol. The van der Waals surface area contributed by atoms with Gasteiger partial charge >= 0.3 is 0 Å². The Morgan fingerprint density at radius 1 is 1.20 bits per heavy atom. The van der Waals surface area contributed by atoms with E-state index in [2.05, 4.69) is 39.5 Å². The molecule has 0 aromatic carbocycles. The van der Waals surface area contributed by atoms with E-state index < -0.39 is 0 Å². The topological polar surface area (TPSA) is 41.0 Å². The van der Waals surface area contributed by atoms with Crippen molar-refractivity contribution in [1.29, 1.82) is 0 Å². The number of fused-ring (bicyclic) bond motifs is 1. The van der Waals surface area contributed by atoms with Crippen LogP contribution in [0.15, 0.2) is 12.1 Å². The number of hydrogen-bond donors (Lipinski definition) is 1. The van der Waals surface area contributed by atoms with Crippen LogP contribution in [0.1, 0.15) is 51.1 Å². The van der Waals surface area contributed by atoms with Crippen LogP contribution in [0, 0.1) is 5.92 Å². The average molecular weight is 274 g/mol. The minimum atomic E-state index is 0.724. The van der Waals surface area contributed by atoms with Crippen LogP contribution in [-0.4, -0.2) is 29.3 Å². The van der Waals surface area contributed by atoms with Crippen LogP contribution < -0.4 is 10.2 Å². The lowest BCUT2D eigenvalue weighted by molar-refractivity contribution is 0.341. The maximum atomic E-state index is 4.47. The lowest BCUT2D eigenvalue weighted by Crippen LogP contribution is -2.35. The molecule has 0 bridgehead atoms. The first kappa shape index (κ1) is 13.8. The molecular formula is C16H26N4. The van der Waals surface area contributed by atoms with Gasteiger partial charge in [-0.25, -0.2) is 0 Å². The van der Waals surface area contributed by atoms with Gasteiger partial charge < -0.3 is 10.2 Å². The van der Waals surface area contributed by atoms with Crippen molar-refractivity contribution < 1.29 is 0 Å². The highest BCUT2D eigenvalue weighted by Crippen LogP contribution is 2.37. The van der Waals surface area contributed by atoms with E-state index in [1.165, 1.54) is 32.1 Å². The summed E-state index contributed by atoms with van der Waals surface area (Å²) in [4.78, 5) is 2.50. The van der Waals surface area contributed by atoms with E-state index in [1.54, 1.807) is 0 Å². The second kappa shape index (κ2) is 6.53. The Bertz CT molecular complexity index is 417. The summed E-state index contributed by atoms with van der Waals surface area (Å²) < 4.78 is 0. The normalized spacial score (nSPS) is 25.8. The predicted molar refractivity (Wildman–Crippen MR) is 81.7 cm³/mol. The molecular weight excluding hydrogens is 248 g/mol. The van der Waals surface area contributed by atoms with Gasteiger partial charge in [0.25, 0.3) is 0 Å². The molecule has 2 fully saturated rings. The number of nitrogens with zero attached hydrogens (tertiary/aromatic N) is 3. The van der Waals surface area contributed by atoms with E-state index in [4.69, 9.17) is 0 Å². The van der Waals surface area contributed by atoms with Crippen molar-refractivity contribution >= 4 is 5.82 Å². The van der Waals surface area contributed by atoms with Gasteiger partial charge in [0.15, 0.2) is 5.82 Å². The van der Waals surface area contributed by atoms with E-state index >= 15 is 0 Å². The van der Waals surface area contributed by atoms with Crippen molar-refractivity contribution in [3.05, 3.63) is 17.8 Å². The van der Waals surface area contributed by atoms with Crippen LogP contribution >= 0.6 is 0 Å². The van der Waals surface area contributed by atoms with Crippen molar-refractivity contribution in [3.63, 3.8) is 0 Å². The van der Waals surface area contributed by atoms with Crippen molar-refractivity contribution in [2.45, 2.75) is 58.0 Å². The van der Waals surface area contributed by atoms with E-state index in [1.807, 2.05) is 0 Å². The summed E-state index contributed by atoms with van der Waals surface area (Å²) in [5.74, 6) is 1.98. The fraction of sp³-hybridized carbons (Fsp3) is 0.750. The van der Waals surface area contributed by atoms with Gasteiger partial charge in [-0.05, 0) is 50.3 Å². The van der Waals surface area contributed by atoms with Crippen molar-refractivity contribution in [1.82, 2.24) is 15.5 Å². The van der Waals surface area contributed by atoms with Crippen molar-refractivity contribution in [3.8, 4) is 0 Å². The smallest absolute Gasteiger partial charge is 0.151 e. The molecule has 1 aromatic rings. The highest BCUT2D eigenvalue weighted by Gasteiger charge is 2.36. The fourth-order valence-corrected chi connectivity index (χ4v) is 3.68. The summed E-state index contributed by atoms with van der Waals surface area (Å²) in [6.45, 7) is 5.21. The zero-order chi connectivity index (χ0) is 13.8. The first-order chi connectivity index (χ1) is 9.88. The molecule has 0 amide bonds. The van der Waals surface area contributed by atoms with E-state index in [9.17, 15) is 0 Å². The summed E-state index contributed by atoms with van der Waals surface area (Å²) in [6.07, 6.45) is 8.04. The second-order valence-corrected chi connectivity index (χ2v) is 6.15. The van der Waals surface area contributed by atoms with E-state index in [0.717, 1.165) is 49.5 Å². The molecule has 2 unspecified atom stereocenters. The predicted octanol–water partition coefficient (Wildman–Crippen LogP) is 2.75. The molecule has 1 N–H and O–H groups in total. The van der Waals surface area contributed by atoms with Crippen LogP contribution in [0.5, 0.6) is 0 Å². The number of nitrogens with one attached hydrogen (secondary N) is 1. The van der Waals surface area contributed by atoms with Crippen molar-refractivity contribution in [2.75, 3.05) is 18.0 Å². The molecule has 3 rings (SSSR count). The van der Waals surface area contributed by atoms with E-state index in [-0.39, 0.29) is 0 Å². The Morgan fingerprint density at radius 2 is 2.10 bits per heavy atom. The lowest BCUT2D eigenvalue weighted by atomic mass is 9.85. The first-order valence-electron chi connectivity index (χ1n) is 8.18. The van der Waals surface area contributed by atoms with Crippen LogP contribution in [-0.2, 0) is 6.54 Å². The zero-order valence-corrected chi connectivity index (χ0v) is 12.5. The Hall–Kier alpha value is -1.16. The molecule has 20 heavy (non-hydrogen) atoms. The fourth-order valence-electron chi connectivity index (χ4n) is 3.68. The molecule has 4 nitrogen and oxygen atoms in total.